The van der Waals surface area contributed by atoms with Gasteiger partial charge in [-0.2, -0.15) is 0 Å². The maximum Gasteiger partial charge on any atom is 0.137 e. The molecular formula is C14H18FNO. The predicted octanol–water partition coefficient (Wildman–Crippen LogP) is 2.25. The Kier molecular flexibility index (Phi) is 3.89. The standard InChI is InChI=1S/C14H18FNO/c1-10-6-13(15)3-2-12(10)8-14(17)7-11-4-5-16-9-11/h2-3,6,11,16H,4-5,7-9H2,1H3. The maximum atomic E-state index is 12.9. The van der Waals surface area contributed by atoms with E-state index >= 15 is 0 Å². The fourth-order valence-corrected chi connectivity index (χ4v) is 2.35. The molecule has 0 radical (unpaired) electrons. The predicted molar refractivity (Wildman–Crippen MR) is 65.4 cm³/mol. The first-order valence-corrected chi connectivity index (χ1v) is 6.12. The minimum atomic E-state index is -0.237. The van der Waals surface area contributed by atoms with E-state index in [0.717, 1.165) is 30.6 Å². The van der Waals surface area contributed by atoms with E-state index in [1.165, 1.54) is 12.1 Å². The van der Waals surface area contributed by atoms with Crippen LogP contribution in [0.25, 0.3) is 0 Å². The normalized spacial score (nSPS) is 19.5. The van der Waals surface area contributed by atoms with Gasteiger partial charge in [0.1, 0.15) is 11.6 Å². The van der Waals surface area contributed by atoms with Crippen LogP contribution in [0.5, 0.6) is 0 Å². The molecule has 1 aromatic carbocycles. The third-order valence-electron chi connectivity index (χ3n) is 3.37. The summed E-state index contributed by atoms with van der Waals surface area (Å²) in [7, 11) is 0. The molecule has 1 heterocycles. The number of Topliss-reactive ketones (excluding diaryl/α,β-unsaturated/α-hetero) is 1. The lowest BCUT2D eigenvalue weighted by Gasteiger charge is -2.08. The molecule has 0 aliphatic carbocycles. The molecule has 0 aromatic heterocycles. The van der Waals surface area contributed by atoms with Gasteiger partial charge in [-0.05, 0) is 55.6 Å². The number of rotatable bonds is 4. The largest absolute Gasteiger partial charge is 0.316 e. The van der Waals surface area contributed by atoms with Crippen LogP contribution in [0, 0.1) is 18.7 Å². The van der Waals surface area contributed by atoms with Crippen LogP contribution < -0.4 is 5.32 Å². The summed E-state index contributed by atoms with van der Waals surface area (Å²) in [6, 6.07) is 4.63. The van der Waals surface area contributed by atoms with Crippen LogP contribution in [0.15, 0.2) is 18.2 Å². The molecule has 0 saturated carbocycles. The van der Waals surface area contributed by atoms with Gasteiger partial charge in [0.05, 0.1) is 0 Å². The molecule has 1 atom stereocenters. The van der Waals surface area contributed by atoms with Gasteiger partial charge in [0.15, 0.2) is 0 Å². The fraction of sp³-hybridized carbons (Fsp3) is 0.500. The quantitative estimate of drug-likeness (QED) is 0.867. The van der Waals surface area contributed by atoms with Crippen LogP contribution in [0.1, 0.15) is 24.0 Å². The molecule has 2 rings (SSSR count). The number of aryl methyl sites for hydroxylation is 1. The molecule has 1 unspecified atom stereocenters. The van der Waals surface area contributed by atoms with E-state index in [0.29, 0.717) is 18.8 Å². The zero-order chi connectivity index (χ0) is 12.3. The molecule has 1 saturated heterocycles. The SMILES string of the molecule is Cc1cc(F)ccc1CC(=O)CC1CCNC1. The van der Waals surface area contributed by atoms with Crippen molar-refractivity contribution >= 4 is 5.78 Å². The molecule has 17 heavy (non-hydrogen) atoms. The van der Waals surface area contributed by atoms with Gasteiger partial charge in [-0.15, -0.1) is 0 Å². The van der Waals surface area contributed by atoms with Gasteiger partial charge in [0, 0.05) is 12.8 Å². The third kappa shape index (κ3) is 3.37. The highest BCUT2D eigenvalue weighted by molar-refractivity contribution is 5.81. The first-order valence-electron chi connectivity index (χ1n) is 6.12. The fourth-order valence-electron chi connectivity index (χ4n) is 2.35. The molecule has 3 heteroatoms. The van der Waals surface area contributed by atoms with Crippen LogP contribution in [0.2, 0.25) is 0 Å². The molecule has 0 spiro atoms. The van der Waals surface area contributed by atoms with E-state index in [-0.39, 0.29) is 11.6 Å². The van der Waals surface area contributed by atoms with Gasteiger partial charge in [0.25, 0.3) is 0 Å². The van der Waals surface area contributed by atoms with Crippen molar-refractivity contribution in [1.29, 1.82) is 0 Å². The van der Waals surface area contributed by atoms with Crippen molar-refractivity contribution in [2.75, 3.05) is 13.1 Å². The summed E-state index contributed by atoms with van der Waals surface area (Å²) >= 11 is 0. The summed E-state index contributed by atoms with van der Waals surface area (Å²) in [5.41, 5.74) is 1.81. The van der Waals surface area contributed by atoms with Gasteiger partial charge in [-0.1, -0.05) is 6.07 Å². The summed E-state index contributed by atoms with van der Waals surface area (Å²) in [4.78, 5) is 11.9. The summed E-state index contributed by atoms with van der Waals surface area (Å²) in [6.07, 6.45) is 2.17. The smallest absolute Gasteiger partial charge is 0.137 e. The van der Waals surface area contributed by atoms with Crippen molar-refractivity contribution in [2.45, 2.75) is 26.2 Å². The Morgan fingerprint density at radius 3 is 3.00 bits per heavy atom. The molecule has 92 valence electrons. The Hall–Kier alpha value is -1.22. The minimum absolute atomic E-state index is 0.237. The maximum absolute atomic E-state index is 12.9. The lowest BCUT2D eigenvalue weighted by molar-refractivity contribution is -0.119. The summed E-state index contributed by atoms with van der Waals surface area (Å²) in [5.74, 6) is 0.510. The summed E-state index contributed by atoms with van der Waals surface area (Å²) < 4.78 is 12.9. The molecule has 1 fully saturated rings. The summed E-state index contributed by atoms with van der Waals surface area (Å²) in [5, 5.41) is 3.26. The molecule has 2 nitrogen and oxygen atoms in total. The van der Waals surface area contributed by atoms with Gasteiger partial charge in [0.2, 0.25) is 0 Å². The van der Waals surface area contributed by atoms with Crippen molar-refractivity contribution in [1.82, 2.24) is 5.32 Å². The van der Waals surface area contributed by atoms with Crippen LogP contribution in [0.4, 0.5) is 4.39 Å². The molecular weight excluding hydrogens is 217 g/mol. The van der Waals surface area contributed by atoms with Crippen molar-refractivity contribution in [3.8, 4) is 0 Å². The Balaban J connectivity index is 1.93. The molecule has 0 bridgehead atoms. The second kappa shape index (κ2) is 5.41. The Morgan fingerprint density at radius 2 is 2.35 bits per heavy atom. The van der Waals surface area contributed by atoms with E-state index in [1.807, 2.05) is 6.92 Å². The second-order valence-corrected chi connectivity index (χ2v) is 4.85. The highest BCUT2D eigenvalue weighted by atomic mass is 19.1. The highest BCUT2D eigenvalue weighted by Crippen LogP contribution is 2.16. The Labute approximate surface area is 101 Å². The average molecular weight is 235 g/mol. The lowest BCUT2D eigenvalue weighted by atomic mass is 9.96. The van der Waals surface area contributed by atoms with Gasteiger partial charge in [-0.25, -0.2) is 4.39 Å². The highest BCUT2D eigenvalue weighted by Gasteiger charge is 2.18. The molecule has 1 aromatic rings. The van der Waals surface area contributed by atoms with Crippen LogP contribution in [-0.2, 0) is 11.2 Å². The lowest BCUT2D eigenvalue weighted by Crippen LogP contribution is -2.14. The first-order chi connectivity index (χ1) is 8.15. The zero-order valence-corrected chi connectivity index (χ0v) is 10.1. The zero-order valence-electron chi connectivity index (χ0n) is 10.1. The van der Waals surface area contributed by atoms with E-state index in [9.17, 15) is 9.18 Å². The second-order valence-electron chi connectivity index (χ2n) is 4.85. The molecule has 0 amide bonds. The Morgan fingerprint density at radius 1 is 1.53 bits per heavy atom. The summed E-state index contributed by atoms with van der Waals surface area (Å²) in [6.45, 7) is 3.82. The number of benzene rings is 1. The van der Waals surface area contributed by atoms with E-state index in [2.05, 4.69) is 5.32 Å². The number of nitrogens with one attached hydrogen (secondary N) is 1. The van der Waals surface area contributed by atoms with Crippen LogP contribution >= 0.6 is 0 Å². The topological polar surface area (TPSA) is 29.1 Å². The number of hydrogen-bond acceptors (Lipinski definition) is 2. The van der Waals surface area contributed by atoms with E-state index in [4.69, 9.17) is 0 Å². The monoisotopic (exact) mass is 235 g/mol. The number of hydrogen-bond donors (Lipinski definition) is 1. The first kappa shape index (κ1) is 12.2. The number of carbonyl (C=O) groups excluding carboxylic acids is 1. The average Bonchev–Trinajstić information content (AvgIpc) is 2.75. The van der Waals surface area contributed by atoms with Crippen LogP contribution in [0.3, 0.4) is 0 Å². The number of halogens is 1. The van der Waals surface area contributed by atoms with Gasteiger partial charge >= 0.3 is 0 Å². The van der Waals surface area contributed by atoms with Crippen molar-refractivity contribution in [3.63, 3.8) is 0 Å². The third-order valence-corrected chi connectivity index (χ3v) is 3.37. The number of carbonyl (C=O) groups is 1. The number of ketones is 1. The van der Waals surface area contributed by atoms with E-state index < -0.39 is 0 Å². The van der Waals surface area contributed by atoms with Gasteiger partial charge < -0.3 is 5.32 Å². The molecule has 1 aliphatic rings. The van der Waals surface area contributed by atoms with Gasteiger partial charge in [-0.3, -0.25) is 4.79 Å². The van der Waals surface area contributed by atoms with Crippen molar-refractivity contribution in [2.24, 2.45) is 5.92 Å². The van der Waals surface area contributed by atoms with E-state index in [1.54, 1.807) is 6.07 Å². The Bertz CT molecular complexity index is 411. The van der Waals surface area contributed by atoms with Crippen molar-refractivity contribution < 1.29 is 9.18 Å². The molecule has 1 aliphatic heterocycles. The molecule has 1 N–H and O–H groups in total. The van der Waals surface area contributed by atoms with Crippen LogP contribution in [-0.4, -0.2) is 18.9 Å². The van der Waals surface area contributed by atoms with Crippen molar-refractivity contribution in [3.05, 3.63) is 35.1 Å². The minimum Gasteiger partial charge on any atom is -0.316 e.